The maximum atomic E-state index is 12.8. The van der Waals surface area contributed by atoms with Gasteiger partial charge in [0.2, 0.25) is 10.0 Å². The Kier molecular flexibility index (Phi) is 7.29. The fourth-order valence-corrected chi connectivity index (χ4v) is 4.86. The van der Waals surface area contributed by atoms with E-state index in [9.17, 15) is 13.2 Å². The molecule has 0 unspecified atom stereocenters. The lowest BCUT2D eigenvalue weighted by molar-refractivity contribution is 0.0782. The fourth-order valence-electron chi connectivity index (χ4n) is 3.31. The first kappa shape index (κ1) is 21.8. The second-order valence-corrected chi connectivity index (χ2v) is 9.37. The molecule has 6 nitrogen and oxygen atoms in total. The topological polar surface area (TPSA) is 69.7 Å². The number of hydrogen-bond donors (Lipinski definition) is 1. The Bertz CT molecular complexity index is 945. The number of sulfonamides is 1. The molecule has 2 aromatic rings. The molecular formula is C21H26ClN3O3S. The molecule has 1 fully saturated rings. The summed E-state index contributed by atoms with van der Waals surface area (Å²) in [5, 5.41) is 0.0850. The van der Waals surface area contributed by atoms with Gasteiger partial charge in [-0.05, 0) is 49.7 Å². The van der Waals surface area contributed by atoms with Crippen LogP contribution in [0, 0.1) is 0 Å². The average Bonchev–Trinajstić information content (AvgIpc) is 3.25. The molecule has 1 N–H and O–H groups in total. The maximum Gasteiger partial charge on any atom is 0.253 e. The Labute approximate surface area is 177 Å². The zero-order valence-electron chi connectivity index (χ0n) is 16.5. The van der Waals surface area contributed by atoms with Crippen molar-refractivity contribution in [1.29, 1.82) is 0 Å². The van der Waals surface area contributed by atoms with Gasteiger partial charge in [0.15, 0.2) is 0 Å². The van der Waals surface area contributed by atoms with Gasteiger partial charge >= 0.3 is 0 Å². The highest BCUT2D eigenvalue weighted by atomic mass is 35.5. The van der Waals surface area contributed by atoms with Crippen molar-refractivity contribution >= 4 is 27.5 Å². The van der Waals surface area contributed by atoms with E-state index in [1.165, 1.54) is 25.0 Å². The van der Waals surface area contributed by atoms with Gasteiger partial charge in [-0.15, -0.1) is 0 Å². The molecule has 0 spiro atoms. The van der Waals surface area contributed by atoms with E-state index in [2.05, 4.69) is 9.62 Å². The minimum atomic E-state index is -3.86. The number of nitrogens with zero attached hydrogens (tertiary/aromatic N) is 2. The highest BCUT2D eigenvalue weighted by Crippen LogP contribution is 2.23. The van der Waals surface area contributed by atoms with Gasteiger partial charge in [-0.3, -0.25) is 4.79 Å². The summed E-state index contributed by atoms with van der Waals surface area (Å²) in [6.07, 6.45) is 2.40. The van der Waals surface area contributed by atoms with Gasteiger partial charge in [-0.1, -0.05) is 41.9 Å². The van der Waals surface area contributed by atoms with Crippen molar-refractivity contribution in [3.63, 3.8) is 0 Å². The van der Waals surface area contributed by atoms with E-state index in [0.29, 0.717) is 12.1 Å². The Morgan fingerprint density at radius 3 is 2.52 bits per heavy atom. The van der Waals surface area contributed by atoms with Crippen LogP contribution in [0.1, 0.15) is 28.8 Å². The molecule has 0 atom stereocenters. The van der Waals surface area contributed by atoms with Gasteiger partial charge in [0.25, 0.3) is 5.91 Å². The number of rotatable bonds is 8. The molecule has 1 aliphatic rings. The summed E-state index contributed by atoms with van der Waals surface area (Å²) < 4.78 is 28.0. The van der Waals surface area contributed by atoms with Crippen molar-refractivity contribution in [1.82, 2.24) is 14.5 Å². The summed E-state index contributed by atoms with van der Waals surface area (Å²) >= 11 is 6.14. The number of halogens is 1. The summed E-state index contributed by atoms with van der Waals surface area (Å²) in [6.45, 7) is 3.69. The molecular weight excluding hydrogens is 410 g/mol. The summed E-state index contributed by atoms with van der Waals surface area (Å²) in [7, 11) is -2.13. The molecule has 0 saturated carbocycles. The van der Waals surface area contributed by atoms with E-state index in [1.807, 2.05) is 30.3 Å². The molecule has 156 valence electrons. The molecule has 2 aromatic carbocycles. The van der Waals surface area contributed by atoms with Crippen LogP contribution in [0.4, 0.5) is 0 Å². The molecule has 0 bridgehead atoms. The minimum Gasteiger partial charge on any atom is -0.340 e. The average molecular weight is 436 g/mol. The molecule has 3 rings (SSSR count). The van der Waals surface area contributed by atoms with Gasteiger partial charge in [-0.2, -0.15) is 0 Å². The number of amides is 1. The number of nitrogens with one attached hydrogen (secondary N) is 1. The molecule has 1 saturated heterocycles. The number of benzene rings is 2. The monoisotopic (exact) mass is 435 g/mol. The lowest BCUT2D eigenvalue weighted by Crippen LogP contribution is -2.35. The van der Waals surface area contributed by atoms with Crippen molar-refractivity contribution in [3.05, 3.63) is 64.7 Å². The van der Waals surface area contributed by atoms with Gasteiger partial charge in [0.1, 0.15) is 4.90 Å². The molecule has 8 heteroatoms. The summed E-state index contributed by atoms with van der Waals surface area (Å²) in [5.74, 6) is -0.222. The number of carbonyl (C=O) groups is 1. The normalized spacial score (nSPS) is 14.8. The Morgan fingerprint density at radius 2 is 1.83 bits per heavy atom. The van der Waals surface area contributed by atoms with Crippen LogP contribution >= 0.6 is 11.6 Å². The first-order valence-corrected chi connectivity index (χ1v) is 11.5. The van der Waals surface area contributed by atoms with Crippen LogP contribution in [0.2, 0.25) is 5.02 Å². The Hall–Kier alpha value is -1.93. The molecule has 1 heterocycles. The van der Waals surface area contributed by atoms with E-state index >= 15 is 0 Å². The molecule has 1 amide bonds. The first-order chi connectivity index (χ1) is 13.9. The molecule has 0 radical (unpaired) electrons. The lowest BCUT2D eigenvalue weighted by atomic mass is 10.2. The van der Waals surface area contributed by atoms with Gasteiger partial charge in [-0.25, -0.2) is 13.1 Å². The van der Waals surface area contributed by atoms with Crippen molar-refractivity contribution in [2.24, 2.45) is 0 Å². The number of carbonyl (C=O) groups excluding carboxylic acids is 1. The number of likely N-dealkylation sites (N-methyl/N-ethyl adjacent to an activating group) is 1. The van der Waals surface area contributed by atoms with Gasteiger partial charge < -0.3 is 9.80 Å². The van der Waals surface area contributed by atoms with Crippen LogP contribution in [0.15, 0.2) is 53.4 Å². The van der Waals surface area contributed by atoms with E-state index in [-0.39, 0.29) is 22.4 Å². The van der Waals surface area contributed by atoms with Crippen LogP contribution in [0.3, 0.4) is 0 Å². The zero-order chi connectivity index (χ0) is 20.9. The van der Waals surface area contributed by atoms with Crippen LogP contribution < -0.4 is 4.72 Å². The first-order valence-electron chi connectivity index (χ1n) is 9.68. The third-order valence-corrected chi connectivity index (χ3v) is 6.96. The van der Waals surface area contributed by atoms with Crippen molar-refractivity contribution in [3.8, 4) is 0 Å². The predicted octanol–water partition coefficient (Wildman–Crippen LogP) is 2.99. The summed E-state index contributed by atoms with van der Waals surface area (Å²) in [4.78, 5) is 16.6. The predicted molar refractivity (Wildman–Crippen MR) is 115 cm³/mol. The summed E-state index contributed by atoms with van der Waals surface area (Å²) in [6, 6.07) is 13.6. The number of hydrogen-bond acceptors (Lipinski definition) is 4. The van der Waals surface area contributed by atoms with Crippen LogP contribution in [-0.2, 0) is 16.6 Å². The fraction of sp³-hybridized carbons (Fsp3) is 0.381. The highest BCUT2D eigenvalue weighted by molar-refractivity contribution is 7.89. The maximum absolute atomic E-state index is 12.8. The standard InChI is InChI=1S/C21H26ClN3O3S/c1-24(13-14-25-11-5-6-12-25)21(26)18-9-10-19(22)20(15-18)29(27,28)23-16-17-7-3-2-4-8-17/h2-4,7-10,15,23H,5-6,11-14,16H2,1H3. The van der Waals surface area contributed by atoms with Crippen molar-refractivity contribution < 1.29 is 13.2 Å². The molecule has 0 aliphatic carbocycles. The molecule has 0 aromatic heterocycles. The second-order valence-electron chi connectivity index (χ2n) is 7.23. The summed E-state index contributed by atoms with van der Waals surface area (Å²) in [5.41, 5.74) is 1.14. The van der Waals surface area contributed by atoms with Crippen molar-refractivity contribution in [2.75, 3.05) is 33.2 Å². The quantitative estimate of drug-likeness (QED) is 0.692. The third kappa shape index (κ3) is 5.79. The Balaban J connectivity index is 1.69. The SMILES string of the molecule is CN(CCN1CCCC1)C(=O)c1ccc(Cl)c(S(=O)(=O)NCc2ccccc2)c1. The molecule has 29 heavy (non-hydrogen) atoms. The van der Waals surface area contributed by atoms with Gasteiger partial charge in [0, 0.05) is 32.2 Å². The van der Waals surface area contributed by atoms with Crippen LogP contribution in [0.5, 0.6) is 0 Å². The van der Waals surface area contributed by atoms with Gasteiger partial charge in [0.05, 0.1) is 5.02 Å². The zero-order valence-corrected chi connectivity index (χ0v) is 18.0. The number of likely N-dealkylation sites (tertiary alicyclic amines) is 1. The van der Waals surface area contributed by atoms with E-state index in [4.69, 9.17) is 11.6 Å². The van der Waals surface area contributed by atoms with E-state index in [0.717, 1.165) is 25.2 Å². The van der Waals surface area contributed by atoms with Crippen molar-refractivity contribution in [2.45, 2.75) is 24.3 Å². The third-order valence-electron chi connectivity index (χ3n) is 5.07. The highest BCUT2D eigenvalue weighted by Gasteiger charge is 2.22. The second kappa shape index (κ2) is 9.71. The van der Waals surface area contributed by atoms with E-state index in [1.54, 1.807) is 18.0 Å². The molecule has 1 aliphatic heterocycles. The van der Waals surface area contributed by atoms with Crippen LogP contribution in [-0.4, -0.2) is 57.4 Å². The van der Waals surface area contributed by atoms with E-state index < -0.39 is 10.0 Å². The van der Waals surface area contributed by atoms with Crippen LogP contribution in [0.25, 0.3) is 0 Å². The largest absolute Gasteiger partial charge is 0.340 e. The lowest BCUT2D eigenvalue weighted by Gasteiger charge is -2.22. The smallest absolute Gasteiger partial charge is 0.253 e. The Morgan fingerprint density at radius 1 is 1.14 bits per heavy atom. The minimum absolute atomic E-state index is 0.0850.